The van der Waals surface area contributed by atoms with Gasteiger partial charge in [-0.2, -0.15) is 4.98 Å². The Hall–Kier alpha value is -3.35. The van der Waals surface area contributed by atoms with Crippen LogP contribution in [0.3, 0.4) is 0 Å². The molecule has 0 aliphatic heterocycles. The molecular weight excluding hydrogens is 322 g/mol. The molecular formula is C18H17N3O4. The number of methoxy groups -OCH3 is 1. The number of aromatic nitrogens is 2. The number of anilines is 1. The predicted octanol–water partition coefficient (Wildman–Crippen LogP) is 3.07. The topological polar surface area (TPSA) is 86.5 Å². The Morgan fingerprint density at radius 3 is 2.56 bits per heavy atom. The number of aryl methyl sites for hydroxylation is 1. The van der Waals surface area contributed by atoms with Crippen LogP contribution in [0, 0.1) is 6.92 Å². The van der Waals surface area contributed by atoms with E-state index in [1.165, 1.54) is 0 Å². The molecule has 0 bridgehead atoms. The van der Waals surface area contributed by atoms with Crippen LogP contribution in [0.15, 0.2) is 53.1 Å². The van der Waals surface area contributed by atoms with Crippen LogP contribution in [-0.4, -0.2) is 29.8 Å². The number of rotatable bonds is 6. The summed E-state index contributed by atoms with van der Waals surface area (Å²) in [6, 6.07) is 14.6. The minimum atomic E-state index is -0.382. The van der Waals surface area contributed by atoms with E-state index in [-0.39, 0.29) is 18.5 Å². The van der Waals surface area contributed by atoms with Crippen LogP contribution in [0.4, 0.5) is 5.95 Å². The molecule has 1 N–H and O–H groups in total. The van der Waals surface area contributed by atoms with Gasteiger partial charge in [0.05, 0.1) is 7.11 Å². The van der Waals surface area contributed by atoms with Crippen molar-refractivity contribution in [1.29, 1.82) is 0 Å². The maximum absolute atomic E-state index is 11.9. The smallest absolute Gasteiger partial charge is 0.270 e. The van der Waals surface area contributed by atoms with Gasteiger partial charge in [-0.1, -0.05) is 18.2 Å². The number of amides is 1. The van der Waals surface area contributed by atoms with Crippen molar-refractivity contribution >= 4 is 11.9 Å². The second-order valence-electron chi connectivity index (χ2n) is 5.25. The highest BCUT2D eigenvalue weighted by molar-refractivity contribution is 5.90. The number of benzene rings is 2. The summed E-state index contributed by atoms with van der Waals surface area (Å²) in [4.78, 5) is 16.1. The maximum atomic E-state index is 11.9. The van der Waals surface area contributed by atoms with Gasteiger partial charge in [0, 0.05) is 5.56 Å². The fourth-order valence-electron chi connectivity index (χ4n) is 2.18. The van der Waals surface area contributed by atoms with Crippen molar-refractivity contribution in [2.75, 3.05) is 19.0 Å². The van der Waals surface area contributed by atoms with Gasteiger partial charge in [0.1, 0.15) is 11.5 Å². The highest BCUT2D eigenvalue weighted by atomic mass is 16.5. The number of hydrogen-bond acceptors (Lipinski definition) is 6. The third-order valence-electron chi connectivity index (χ3n) is 3.48. The van der Waals surface area contributed by atoms with E-state index < -0.39 is 0 Å². The molecule has 3 rings (SSSR count). The second-order valence-corrected chi connectivity index (χ2v) is 5.25. The highest BCUT2D eigenvalue weighted by Crippen LogP contribution is 2.22. The normalized spacial score (nSPS) is 10.3. The van der Waals surface area contributed by atoms with Crippen molar-refractivity contribution in [1.82, 2.24) is 10.1 Å². The molecule has 1 aromatic heterocycles. The summed E-state index contributed by atoms with van der Waals surface area (Å²) in [7, 11) is 1.58. The monoisotopic (exact) mass is 339 g/mol. The molecule has 0 saturated carbocycles. The first-order valence-corrected chi connectivity index (χ1v) is 7.62. The molecule has 0 atom stereocenters. The van der Waals surface area contributed by atoms with Crippen LogP contribution < -0.4 is 14.8 Å². The van der Waals surface area contributed by atoms with Crippen molar-refractivity contribution in [2.45, 2.75) is 6.92 Å². The zero-order valence-corrected chi connectivity index (χ0v) is 13.9. The Balaban J connectivity index is 1.57. The molecule has 0 fully saturated rings. The first-order chi connectivity index (χ1) is 12.2. The third kappa shape index (κ3) is 4.14. The Morgan fingerprint density at radius 1 is 1.12 bits per heavy atom. The molecule has 0 radical (unpaired) electrons. The molecule has 25 heavy (non-hydrogen) atoms. The van der Waals surface area contributed by atoms with Gasteiger partial charge in [0.25, 0.3) is 17.7 Å². The molecule has 7 heteroatoms. The van der Waals surface area contributed by atoms with Gasteiger partial charge in [0.2, 0.25) is 0 Å². The second kappa shape index (κ2) is 7.48. The van der Waals surface area contributed by atoms with Gasteiger partial charge >= 0.3 is 0 Å². The zero-order valence-electron chi connectivity index (χ0n) is 13.9. The van der Waals surface area contributed by atoms with E-state index >= 15 is 0 Å². The minimum Gasteiger partial charge on any atom is -0.497 e. The van der Waals surface area contributed by atoms with E-state index in [2.05, 4.69) is 15.5 Å². The lowest BCUT2D eigenvalue weighted by Crippen LogP contribution is -2.20. The van der Waals surface area contributed by atoms with E-state index in [1.54, 1.807) is 31.4 Å². The first-order valence-electron chi connectivity index (χ1n) is 7.62. The number of carbonyl (C=O) groups is 1. The molecule has 2 aromatic carbocycles. The molecule has 0 spiro atoms. The summed E-state index contributed by atoms with van der Waals surface area (Å²) in [5.74, 6) is 1.34. The SMILES string of the molecule is COc1ccc(OCC(=O)Nc2noc(-c3ccccc3C)n2)cc1. The van der Waals surface area contributed by atoms with Crippen molar-refractivity contribution in [2.24, 2.45) is 0 Å². The lowest BCUT2D eigenvalue weighted by Gasteiger charge is -2.06. The van der Waals surface area contributed by atoms with Gasteiger partial charge < -0.3 is 14.0 Å². The van der Waals surface area contributed by atoms with E-state index in [0.717, 1.165) is 11.1 Å². The van der Waals surface area contributed by atoms with E-state index in [1.807, 2.05) is 31.2 Å². The molecule has 128 valence electrons. The van der Waals surface area contributed by atoms with Gasteiger partial charge in [-0.3, -0.25) is 10.1 Å². The number of ether oxygens (including phenoxy) is 2. The maximum Gasteiger partial charge on any atom is 0.270 e. The molecule has 1 amide bonds. The van der Waals surface area contributed by atoms with Crippen molar-refractivity contribution in [3.05, 3.63) is 54.1 Å². The fraction of sp³-hybridized carbons (Fsp3) is 0.167. The van der Waals surface area contributed by atoms with Crippen LogP contribution in [0.25, 0.3) is 11.5 Å². The lowest BCUT2D eigenvalue weighted by molar-refractivity contribution is -0.118. The number of nitrogens with zero attached hydrogens (tertiary/aromatic N) is 2. The van der Waals surface area contributed by atoms with Crippen LogP contribution in [0.1, 0.15) is 5.56 Å². The van der Waals surface area contributed by atoms with Gasteiger partial charge in [-0.15, -0.1) is 0 Å². The van der Waals surface area contributed by atoms with Crippen molar-refractivity contribution in [3.63, 3.8) is 0 Å². The fourth-order valence-corrected chi connectivity index (χ4v) is 2.18. The van der Waals surface area contributed by atoms with Gasteiger partial charge in [-0.05, 0) is 48.0 Å². The molecule has 0 aliphatic rings. The summed E-state index contributed by atoms with van der Waals surface area (Å²) < 4.78 is 15.6. The minimum absolute atomic E-state index is 0.0987. The summed E-state index contributed by atoms with van der Waals surface area (Å²) in [5, 5.41) is 6.30. The highest BCUT2D eigenvalue weighted by Gasteiger charge is 2.13. The Morgan fingerprint density at radius 2 is 1.84 bits per heavy atom. The zero-order chi connectivity index (χ0) is 17.6. The quantitative estimate of drug-likeness (QED) is 0.743. The number of nitrogens with one attached hydrogen (secondary N) is 1. The van der Waals surface area contributed by atoms with E-state index in [0.29, 0.717) is 17.4 Å². The Bertz CT molecular complexity index is 859. The summed E-state index contributed by atoms with van der Waals surface area (Å²) in [6.45, 7) is 1.78. The Labute approximate surface area is 144 Å². The summed E-state index contributed by atoms with van der Waals surface area (Å²) >= 11 is 0. The van der Waals surface area contributed by atoms with Crippen LogP contribution >= 0.6 is 0 Å². The van der Waals surface area contributed by atoms with Crippen LogP contribution in [-0.2, 0) is 4.79 Å². The first kappa shape index (κ1) is 16.5. The molecule has 3 aromatic rings. The third-order valence-corrected chi connectivity index (χ3v) is 3.48. The largest absolute Gasteiger partial charge is 0.497 e. The predicted molar refractivity (Wildman–Crippen MR) is 91.6 cm³/mol. The molecule has 0 saturated heterocycles. The molecule has 1 heterocycles. The van der Waals surface area contributed by atoms with E-state index in [9.17, 15) is 4.79 Å². The van der Waals surface area contributed by atoms with Crippen molar-refractivity contribution < 1.29 is 18.8 Å². The summed E-state index contributed by atoms with van der Waals surface area (Å²) in [6.07, 6.45) is 0. The average Bonchev–Trinajstić information content (AvgIpc) is 3.09. The van der Waals surface area contributed by atoms with Crippen LogP contribution in [0.2, 0.25) is 0 Å². The van der Waals surface area contributed by atoms with Crippen LogP contribution in [0.5, 0.6) is 11.5 Å². The molecule has 0 unspecified atom stereocenters. The lowest BCUT2D eigenvalue weighted by atomic mass is 10.1. The number of hydrogen-bond donors (Lipinski definition) is 1. The standard InChI is InChI=1S/C18H17N3O4/c1-12-5-3-4-6-15(12)17-20-18(21-25-17)19-16(22)11-24-14-9-7-13(23-2)8-10-14/h3-10H,11H2,1-2H3,(H,19,21,22). The number of carbonyl (C=O) groups excluding carboxylic acids is 1. The van der Waals surface area contributed by atoms with E-state index in [4.69, 9.17) is 14.0 Å². The molecule has 0 aliphatic carbocycles. The van der Waals surface area contributed by atoms with Gasteiger partial charge in [-0.25, -0.2) is 0 Å². The molecule has 7 nitrogen and oxygen atoms in total. The Kier molecular flexibility index (Phi) is 4.94. The van der Waals surface area contributed by atoms with Gasteiger partial charge in [0.15, 0.2) is 6.61 Å². The summed E-state index contributed by atoms with van der Waals surface area (Å²) in [5.41, 5.74) is 1.83. The average molecular weight is 339 g/mol. The van der Waals surface area contributed by atoms with Crippen molar-refractivity contribution in [3.8, 4) is 23.0 Å².